The van der Waals surface area contributed by atoms with Gasteiger partial charge in [0.2, 0.25) is 0 Å². The summed E-state index contributed by atoms with van der Waals surface area (Å²) in [5.74, 6) is 0.212. The van der Waals surface area contributed by atoms with Crippen LogP contribution < -0.4 is 0 Å². The first kappa shape index (κ1) is 9.04. The molecule has 0 saturated carbocycles. The number of Topliss-reactive ketones (excluding diaryl/α,β-unsaturated/α-hetero) is 1. The third kappa shape index (κ3) is 2.53. The highest BCUT2D eigenvalue weighted by atomic mass is 16.1. The molecule has 1 aromatic rings. The van der Waals surface area contributed by atoms with Crippen LogP contribution in [0.5, 0.6) is 0 Å². The van der Waals surface area contributed by atoms with Gasteiger partial charge in [-0.05, 0) is 11.5 Å². The van der Waals surface area contributed by atoms with Crippen molar-refractivity contribution in [2.45, 2.75) is 27.2 Å². The van der Waals surface area contributed by atoms with Crippen molar-refractivity contribution in [2.24, 2.45) is 5.41 Å². The second kappa shape index (κ2) is 3.13. The number of carbonyl (C=O) groups is 1. The zero-order valence-electron chi connectivity index (χ0n) is 7.85. The molecule has 0 unspecified atom stereocenters. The van der Waals surface area contributed by atoms with E-state index in [1.807, 2.05) is 6.07 Å². The first-order valence-electron chi connectivity index (χ1n) is 4.15. The average Bonchev–Trinajstić information content (AvgIpc) is 2.32. The predicted octanol–water partition coefficient (Wildman–Crippen LogP) is 2.63. The maximum atomic E-state index is 11.5. The first-order valence-corrected chi connectivity index (χ1v) is 4.15. The van der Waals surface area contributed by atoms with Crippen molar-refractivity contribution in [1.29, 1.82) is 0 Å². The number of carbonyl (C=O) groups excluding carboxylic acids is 1. The standard InChI is InChI=1S/C10H15NO/c1-10(2,3)6-9(12)8-4-5-11-7-8/h4-5,7,11H,6H2,1-3H3. The van der Waals surface area contributed by atoms with Crippen LogP contribution in [0.15, 0.2) is 18.5 Å². The zero-order chi connectivity index (χ0) is 9.19. The van der Waals surface area contributed by atoms with Gasteiger partial charge in [-0.2, -0.15) is 0 Å². The van der Waals surface area contributed by atoms with Crippen molar-refractivity contribution in [3.63, 3.8) is 0 Å². The van der Waals surface area contributed by atoms with Gasteiger partial charge in [0, 0.05) is 24.4 Å². The minimum atomic E-state index is 0.0777. The molecule has 66 valence electrons. The Labute approximate surface area is 73.0 Å². The fourth-order valence-electron chi connectivity index (χ4n) is 1.08. The third-order valence-electron chi connectivity index (χ3n) is 1.61. The summed E-state index contributed by atoms with van der Waals surface area (Å²) in [6.07, 6.45) is 4.12. The Balaban J connectivity index is 2.63. The van der Waals surface area contributed by atoms with Crippen LogP contribution in [0.1, 0.15) is 37.6 Å². The molecule has 0 aliphatic rings. The number of rotatable bonds is 2. The van der Waals surface area contributed by atoms with E-state index in [1.165, 1.54) is 0 Å². The summed E-state index contributed by atoms with van der Waals surface area (Å²) < 4.78 is 0. The van der Waals surface area contributed by atoms with E-state index < -0.39 is 0 Å². The molecule has 12 heavy (non-hydrogen) atoms. The van der Waals surface area contributed by atoms with Crippen LogP contribution in [0.25, 0.3) is 0 Å². The zero-order valence-corrected chi connectivity index (χ0v) is 7.85. The molecular weight excluding hydrogens is 150 g/mol. The summed E-state index contributed by atoms with van der Waals surface area (Å²) in [6.45, 7) is 6.20. The molecule has 1 N–H and O–H groups in total. The first-order chi connectivity index (χ1) is 5.49. The highest BCUT2D eigenvalue weighted by Gasteiger charge is 2.17. The van der Waals surface area contributed by atoms with Gasteiger partial charge in [0.25, 0.3) is 0 Å². The summed E-state index contributed by atoms with van der Waals surface area (Å²) in [6, 6.07) is 1.81. The van der Waals surface area contributed by atoms with Crippen LogP contribution in [0.4, 0.5) is 0 Å². The van der Waals surface area contributed by atoms with Crippen molar-refractivity contribution in [1.82, 2.24) is 4.98 Å². The van der Waals surface area contributed by atoms with Gasteiger partial charge < -0.3 is 4.98 Å². The van der Waals surface area contributed by atoms with E-state index in [0.717, 1.165) is 5.56 Å². The molecule has 1 heterocycles. The van der Waals surface area contributed by atoms with Crippen LogP contribution in [-0.4, -0.2) is 10.8 Å². The van der Waals surface area contributed by atoms with E-state index >= 15 is 0 Å². The van der Waals surface area contributed by atoms with Gasteiger partial charge in [0.15, 0.2) is 5.78 Å². The lowest BCUT2D eigenvalue weighted by Crippen LogP contribution is -2.12. The number of H-pyrrole nitrogens is 1. The second-order valence-electron chi connectivity index (χ2n) is 4.26. The molecule has 1 aromatic heterocycles. The van der Waals surface area contributed by atoms with Crippen LogP contribution in [0.2, 0.25) is 0 Å². The number of aromatic amines is 1. The Morgan fingerprint density at radius 2 is 2.17 bits per heavy atom. The number of ketones is 1. The van der Waals surface area contributed by atoms with Crippen LogP contribution in [0.3, 0.4) is 0 Å². The molecule has 2 heteroatoms. The highest BCUT2D eigenvalue weighted by Crippen LogP contribution is 2.21. The van der Waals surface area contributed by atoms with Crippen LogP contribution in [0, 0.1) is 5.41 Å². The van der Waals surface area contributed by atoms with Crippen molar-refractivity contribution >= 4 is 5.78 Å². The van der Waals surface area contributed by atoms with Crippen molar-refractivity contribution < 1.29 is 4.79 Å². The summed E-state index contributed by atoms with van der Waals surface area (Å²) >= 11 is 0. The van der Waals surface area contributed by atoms with Crippen molar-refractivity contribution in [3.05, 3.63) is 24.0 Å². The molecule has 0 aliphatic heterocycles. The Morgan fingerprint density at radius 1 is 1.50 bits per heavy atom. The Bertz CT molecular complexity index is 254. The minimum absolute atomic E-state index is 0.0777. The Kier molecular flexibility index (Phi) is 2.36. The smallest absolute Gasteiger partial charge is 0.164 e. The molecule has 0 spiro atoms. The summed E-state index contributed by atoms with van der Waals surface area (Å²) in [5, 5.41) is 0. The molecule has 0 aromatic carbocycles. The monoisotopic (exact) mass is 165 g/mol. The lowest BCUT2D eigenvalue weighted by atomic mass is 9.88. The molecule has 0 saturated heterocycles. The SMILES string of the molecule is CC(C)(C)CC(=O)c1cc[nH]c1. The maximum absolute atomic E-state index is 11.5. The molecular formula is C10H15NO. The van der Waals surface area contributed by atoms with Gasteiger partial charge >= 0.3 is 0 Å². The summed E-state index contributed by atoms with van der Waals surface area (Å²) in [7, 11) is 0. The third-order valence-corrected chi connectivity index (χ3v) is 1.61. The molecule has 2 nitrogen and oxygen atoms in total. The maximum Gasteiger partial charge on any atom is 0.164 e. The van der Waals surface area contributed by atoms with E-state index in [2.05, 4.69) is 25.8 Å². The lowest BCUT2D eigenvalue weighted by Gasteiger charge is -2.15. The van der Waals surface area contributed by atoms with Gasteiger partial charge in [-0.1, -0.05) is 20.8 Å². The minimum Gasteiger partial charge on any atom is -0.367 e. The number of aromatic nitrogens is 1. The van der Waals surface area contributed by atoms with Gasteiger partial charge in [0.05, 0.1) is 0 Å². The molecule has 0 bridgehead atoms. The largest absolute Gasteiger partial charge is 0.367 e. The van der Waals surface area contributed by atoms with E-state index in [1.54, 1.807) is 12.4 Å². The average molecular weight is 165 g/mol. The molecule has 0 amide bonds. The van der Waals surface area contributed by atoms with Gasteiger partial charge in [-0.15, -0.1) is 0 Å². The highest BCUT2D eigenvalue weighted by molar-refractivity contribution is 5.96. The quantitative estimate of drug-likeness (QED) is 0.671. The number of nitrogens with one attached hydrogen (secondary N) is 1. The molecule has 0 radical (unpaired) electrons. The van der Waals surface area contributed by atoms with E-state index in [4.69, 9.17) is 0 Å². The van der Waals surface area contributed by atoms with Crippen LogP contribution >= 0.6 is 0 Å². The topological polar surface area (TPSA) is 32.9 Å². The molecule has 1 rings (SSSR count). The Hall–Kier alpha value is -1.05. The van der Waals surface area contributed by atoms with E-state index in [-0.39, 0.29) is 11.2 Å². The van der Waals surface area contributed by atoms with E-state index in [9.17, 15) is 4.79 Å². The lowest BCUT2D eigenvalue weighted by molar-refractivity contribution is 0.0940. The van der Waals surface area contributed by atoms with Gasteiger partial charge in [-0.3, -0.25) is 4.79 Å². The predicted molar refractivity (Wildman–Crippen MR) is 49.2 cm³/mol. The second-order valence-corrected chi connectivity index (χ2v) is 4.26. The molecule has 0 fully saturated rings. The number of hydrogen-bond donors (Lipinski definition) is 1. The van der Waals surface area contributed by atoms with Crippen LogP contribution in [-0.2, 0) is 0 Å². The normalized spacial score (nSPS) is 11.6. The van der Waals surface area contributed by atoms with E-state index in [0.29, 0.717) is 6.42 Å². The molecule has 0 atom stereocenters. The molecule has 0 aliphatic carbocycles. The van der Waals surface area contributed by atoms with Crippen molar-refractivity contribution in [3.8, 4) is 0 Å². The summed E-state index contributed by atoms with van der Waals surface area (Å²) in [4.78, 5) is 14.4. The van der Waals surface area contributed by atoms with Crippen molar-refractivity contribution in [2.75, 3.05) is 0 Å². The Morgan fingerprint density at radius 3 is 2.58 bits per heavy atom. The summed E-state index contributed by atoms with van der Waals surface area (Å²) in [5.41, 5.74) is 0.860. The fourth-order valence-corrected chi connectivity index (χ4v) is 1.08. The number of hydrogen-bond acceptors (Lipinski definition) is 1. The van der Waals surface area contributed by atoms with Gasteiger partial charge in [0.1, 0.15) is 0 Å². The van der Waals surface area contributed by atoms with Gasteiger partial charge in [-0.25, -0.2) is 0 Å². The fraction of sp³-hybridized carbons (Fsp3) is 0.500.